The Morgan fingerprint density at radius 3 is 1.80 bits per heavy atom. The van der Waals surface area contributed by atoms with Crippen LogP contribution in [0.3, 0.4) is 0 Å². The zero-order valence-corrected chi connectivity index (χ0v) is 28.9. The molecule has 2 atom stereocenters. The minimum absolute atomic E-state index is 0.176. The van der Waals surface area contributed by atoms with E-state index in [2.05, 4.69) is 54.8 Å². The van der Waals surface area contributed by atoms with E-state index in [0.717, 1.165) is 63.7 Å². The minimum Gasteiger partial charge on any atom is -0.462 e. The van der Waals surface area contributed by atoms with E-state index >= 15 is 0 Å². The van der Waals surface area contributed by atoms with Gasteiger partial charge in [0.1, 0.15) is 6.61 Å². The molecule has 0 heterocycles. The number of rotatable bonds is 29. The molecule has 0 saturated carbocycles. The van der Waals surface area contributed by atoms with Gasteiger partial charge < -0.3 is 24.4 Å². The van der Waals surface area contributed by atoms with E-state index < -0.39 is 32.5 Å². The Bertz CT molecular complexity index is 905. The van der Waals surface area contributed by atoms with Gasteiger partial charge >= 0.3 is 19.8 Å². The minimum atomic E-state index is -4.76. The molecule has 0 spiro atoms. The summed E-state index contributed by atoms with van der Waals surface area (Å²) in [6, 6.07) is 0. The highest BCUT2D eigenvalue weighted by molar-refractivity contribution is 7.46. The van der Waals surface area contributed by atoms with Crippen LogP contribution in [0.2, 0.25) is 0 Å². The van der Waals surface area contributed by atoms with Gasteiger partial charge in [-0.15, -0.1) is 0 Å². The number of allylic oxidation sites excluding steroid dienone is 8. The maximum Gasteiger partial charge on any atom is 0.469 e. The molecule has 260 valence electrons. The van der Waals surface area contributed by atoms with Crippen LogP contribution in [-0.2, 0) is 28.2 Å². The number of aliphatic hydroxyl groups is 1. The molecule has 0 amide bonds. The molecule has 0 aromatic heterocycles. The Morgan fingerprint density at radius 2 is 1.22 bits per heavy atom. The van der Waals surface area contributed by atoms with E-state index in [1.54, 1.807) is 0 Å². The first kappa shape index (κ1) is 43.0. The Morgan fingerprint density at radius 1 is 0.689 bits per heavy atom. The molecular formula is C35H61O9P. The van der Waals surface area contributed by atoms with E-state index in [1.165, 1.54) is 19.3 Å². The average molecular weight is 657 g/mol. The summed E-state index contributed by atoms with van der Waals surface area (Å²) in [4.78, 5) is 42.4. The third-order valence-corrected chi connectivity index (χ3v) is 7.43. The van der Waals surface area contributed by atoms with Gasteiger partial charge in [-0.05, 0) is 63.7 Å². The van der Waals surface area contributed by atoms with Crippen LogP contribution in [0.1, 0.15) is 130 Å². The highest BCUT2D eigenvalue weighted by Crippen LogP contribution is 2.35. The number of unbranched alkanes of at least 4 members (excludes halogenated alkanes) is 6. The molecule has 0 bridgehead atoms. The number of carbonyl (C=O) groups excluding carboxylic acids is 2. The summed E-state index contributed by atoms with van der Waals surface area (Å²) < 4.78 is 26.1. The van der Waals surface area contributed by atoms with Gasteiger partial charge in [0.05, 0.1) is 12.7 Å². The topological polar surface area (TPSA) is 140 Å². The van der Waals surface area contributed by atoms with Gasteiger partial charge in [0.25, 0.3) is 0 Å². The Hall–Kier alpha value is -2.03. The lowest BCUT2D eigenvalue weighted by molar-refractivity contribution is -0.161. The van der Waals surface area contributed by atoms with Crippen molar-refractivity contribution < 1.29 is 43.0 Å². The number of phosphoric ester groups is 1. The number of hydrogen-bond acceptors (Lipinski definition) is 7. The number of phosphoric acid groups is 1. The highest BCUT2D eigenvalue weighted by atomic mass is 31.2. The second-order valence-corrected chi connectivity index (χ2v) is 13.0. The standard InChI is InChI=1S/C35H61O9P/c1-4-32(36)26-22-18-13-11-9-7-5-6-8-10-12-14-19-23-27-34(37)42-29-33(30-43-45(39,40)41)44-35(38)28-24-20-16-15-17-21-25-31(2)3/h6-9,12-14,18,31-33,36H,4-5,10-11,15-17,19-30H2,1-3H3,(H2,39,40,41)/b8-6-,9-7-,14-12-,18-13-/t32-,33+/m0/s1. The quantitative estimate of drug-likeness (QED) is 0.0313. The predicted octanol–water partition coefficient (Wildman–Crippen LogP) is 8.44. The Kier molecular flexibility index (Phi) is 28.1. The first-order valence-electron chi connectivity index (χ1n) is 16.9. The smallest absolute Gasteiger partial charge is 0.462 e. The van der Waals surface area contributed by atoms with Crippen LogP contribution in [0.5, 0.6) is 0 Å². The zero-order valence-electron chi connectivity index (χ0n) is 28.0. The SMILES string of the molecule is CC[C@H](O)CC/C=C\C/C=C\C/C=C\C/C=C\CCCC(=O)OC[C@H](COP(=O)(O)O)OC(=O)CCCCCCCCC(C)C. The van der Waals surface area contributed by atoms with Gasteiger partial charge in [0, 0.05) is 12.8 Å². The van der Waals surface area contributed by atoms with Crippen molar-refractivity contribution in [3.05, 3.63) is 48.6 Å². The van der Waals surface area contributed by atoms with Crippen LogP contribution in [-0.4, -0.2) is 52.3 Å². The normalized spacial score (nSPS) is 13.9. The van der Waals surface area contributed by atoms with Gasteiger partial charge in [0.2, 0.25) is 0 Å². The van der Waals surface area contributed by atoms with E-state index in [1.807, 2.05) is 19.1 Å². The maximum atomic E-state index is 12.3. The summed E-state index contributed by atoms with van der Waals surface area (Å²) in [5.74, 6) is -0.260. The van der Waals surface area contributed by atoms with Gasteiger partial charge in [-0.2, -0.15) is 0 Å². The first-order chi connectivity index (χ1) is 21.5. The molecule has 3 N–H and O–H groups in total. The monoisotopic (exact) mass is 656 g/mol. The number of aliphatic hydroxyl groups excluding tert-OH is 1. The van der Waals surface area contributed by atoms with E-state index in [-0.39, 0.29) is 25.6 Å². The van der Waals surface area contributed by atoms with Crippen LogP contribution in [0.4, 0.5) is 0 Å². The largest absolute Gasteiger partial charge is 0.469 e. The summed E-state index contributed by atoms with van der Waals surface area (Å²) in [6.07, 6.45) is 29.6. The van der Waals surface area contributed by atoms with E-state index in [9.17, 15) is 19.3 Å². The average Bonchev–Trinajstić information content (AvgIpc) is 2.98. The molecule has 0 fully saturated rings. The van der Waals surface area contributed by atoms with E-state index in [4.69, 9.17) is 19.3 Å². The van der Waals surface area contributed by atoms with Gasteiger partial charge in [0.15, 0.2) is 6.10 Å². The van der Waals surface area contributed by atoms with E-state index in [0.29, 0.717) is 19.3 Å². The molecule has 0 aliphatic heterocycles. The molecule has 0 aromatic rings. The van der Waals surface area contributed by atoms with Crippen LogP contribution in [0, 0.1) is 5.92 Å². The molecule has 45 heavy (non-hydrogen) atoms. The maximum absolute atomic E-state index is 12.3. The van der Waals surface area contributed by atoms with Gasteiger partial charge in [-0.3, -0.25) is 14.1 Å². The summed E-state index contributed by atoms with van der Waals surface area (Å²) in [5.41, 5.74) is 0. The highest BCUT2D eigenvalue weighted by Gasteiger charge is 2.22. The predicted molar refractivity (Wildman–Crippen MR) is 180 cm³/mol. The van der Waals surface area contributed by atoms with Crippen molar-refractivity contribution in [3.8, 4) is 0 Å². The van der Waals surface area contributed by atoms with Crippen LogP contribution >= 0.6 is 7.82 Å². The molecule has 9 nitrogen and oxygen atoms in total. The fraction of sp³-hybridized carbons (Fsp3) is 0.714. The molecule has 0 radical (unpaired) electrons. The van der Waals surface area contributed by atoms with Gasteiger partial charge in [-0.25, -0.2) is 4.57 Å². The molecule has 0 rings (SSSR count). The van der Waals surface area contributed by atoms with Crippen molar-refractivity contribution in [2.75, 3.05) is 13.2 Å². The molecule has 0 saturated heterocycles. The third-order valence-electron chi connectivity index (χ3n) is 6.94. The lowest BCUT2D eigenvalue weighted by Crippen LogP contribution is -2.29. The van der Waals surface area contributed by atoms with Crippen molar-refractivity contribution in [2.24, 2.45) is 5.92 Å². The zero-order chi connectivity index (χ0) is 33.6. The Labute approximate surface area is 272 Å². The van der Waals surface area contributed by atoms with Crippen LogP contribution in [0.15, 0.2) is 48.6 Å². The second kappa shape index (κ2) is 29.4. The number of carbonyl (C=O) groups is 2. The van der Waals surface area contributed by atoms with Crippen LogP contribution < -0.4 is 0 Å². The second-order valence-electron chi connectivity index (χ2n) is 11.8. The number of hydrogen-bond donors (Lipinski definition) is 3. The lowest BCUT2D eigenvalue weighted by atomic mass is 10.0. The Balaban J connectivity index is 4.13. The summed E-state index contributed by atoms with van der Waals surface area (Å²) in [7, 11) is -4.76. The summed E-state index contributed by atoms with van der Waals surface area (Å²) in [5, 5.41) is 9.51. The molecule has 10 heteroatoms. The molecule has 0 aromatic carbocycles. The van der Waals surface area contributed by atoms with Crippen molar-refractivity contribution in [1.82, 2.24) is 0 Å². The van der Waals surface area contributed by atoms with Gasteiger partial charge in [-0.1, -0.05) is 108 Å². The molecule has 0 unspecified atom stereocenters. The van der Waals surface area contributed by atoms with Crippen molar-refractivity contribution >= 4 is 19.8 Å². The van der Waals surface area contributed by atoms with Crippen molar-refractivity contribution in [3.63, 3.8) is 0 Å². The number of esters is 2. The molecule has 0 aliphatic rings. The fourth-order valence-electron chi connectivity index (χ4n) is 4.23. The van der Waals surface area contributed by atoms with Crippen molar-refractivity contribution in [1.29, 1.82) is 0 Å². The lowest BCUT2D eigenvalue weighted by Gasteiger charge is -2.18. The molecular weight excluding hydrogens is 595 g/mol. The fourth-order valence-corrected chi connectivity index (χ4v) is 4.59. The summed E-state index contributed by atoms with van der Waals surface area (Å²) in [6.45, 7) is 5.54. The van der Waals surface area contributed by atoms with Crippen molar-refractivity contribution in [2.45, 2.75) is 142 Å². The van der Waals surface area contributed by atoms with Crippen LogP contribution in [0.25, 0.3) is 0 Å². The first-order valence-corrected chi connectivity index (χ1v) is 18.4. The summed E-state index contributed by atoms with van der Waals surface area (Å²) >= 11 is 0. The molecule has 0 aliphatic carbocycles. The third kappa shape index (κ3) is 33.2. The number of ether oxygens (including phenoxy) is 2.